The molecule has 6 nitrogen and oxygen atoms in total. The summed E-state index contributed by atoms with van der Waals surface area (Å²) in [6.07, 6.45) is 0.623. The van der Waals surface area contributed by atoms with E-state index in [4.69, 9.17) is 4.74 Å². The molecule has 2 fully saturated rings. The van der Waals surface area contributed by atoms with Gasteiger partial charge in [0, 0.05) is 12.5 Å². The second-order valence-electron chi connectivity index (χ2n) is 6.22. The van der Waals surface area contributed by atoms with Crippen molar-refractivity contribution < 1.29 is 14.3 Å². The van der Waals surface area contributed by atoms with E-state index < -0.39 is 6.04 Å². The van der Waals surface area contributed by atoms with Gasteiger partial charge in [-0.05, 0) is 37.6 Å². The van der Waals surface area contributed by atoms with Crippen LogP contribution in [0.2, 0.25) is 0 Å². The van der Waals surface area contributed by atoms with E-state index in [1.54, 1.807) is 12.0 Å². The van der Waals surface area contributed by atoms with Crippen LogP contribution in [0.25, 0.3) is 0 Å². The average Bonchev–Trinajstić information content (AvgIpc) is 2.86. The predicted molar refractivity (Wildman–Crippen MR) is 94.7 cm³/mol. The molecule has 1 aromatic carbocycles. The number of hydrogen-bond acceptors (Lipinski definition) is 4. The Kier molecular flexibility index (Phi) is 6.07. The van der Waals surface area contributed by atoms with E-state index in [9.17, 15) is 9.59 Å². The maximum atomic E-state index is 12.6. The Morgan fingerprint density at radius 2 is 2.08 bits per heavy atom. The summed E-state index contributed by atoms with van der Waals surface area (Å²) in [7, 11) is 1.59. The second-order valence-corrected chi connectivity index (χ2v) is 6.22. The highest BCUT2D eigenvalue weighted by Crippen LogP contribution is 2.31. The van der Waals surface area contributed by atoms with Gasteiger partial charge in [0.2, 0.25) is 11.8 Å². The molecular formula is C17H24ClN3O3. The zero-order valence-electron chi connectivity index (χ0n) is 14.0. The molecule has 0 bridgehead atoms. The number of methoxy groups -OCH3 is 1. The first-order valence-electron chi connectivity index (χ1n) is 8.07. The Balaban J connectivity index is 0.00000208. The Labute approximate surface area is 148 Å². The minimum absolute atomic E-state index is 0. The van der Waals surface area contributed by atoms with Gasteiger partial charge in [-0.25, -0.2) is 0 Å². The third-order valence-corrected chi connectivity index (χ3v) is 4.83. The van der Waals surface area contributed by atoms with E-state index in [0.717, 1.165) is 18.8 Å². The number of ether oxygens (including phenoxy) is 1. The highest BCUT2D eigenvalue weighted by atomic mass is 35.5. The smallest absolute Gasteiger partial charge is 0.249 e. The number of para-hydroxylation sites is 2. The normalized spacial score (nSPS) is 21.7. The van der Waals surface area contributed by atoms with Crippen LogP contribution in [0, 0.1) is 11.8 Å². The molecule has 0 spiro atoms. The standard InChI is InChI=1S/C17H23N3O3.ClH/c1-11(12-9-18-10-12)16(21)19-13-7-8-20(17(13)22)14-5-3-4-6-15(14)23-2;/h3-6,11-13,18H,7-10H2,1-2H3,(H,19,21);1H. The van der Waals surface area contributed by atoms with Gasteiger partial charge in [-0.2, -0.15) is 0 Å². The minimum Gasteiger partial charge on any atom is -0.495 e. The Hall–Kier alpha value is -1.79. The second kappa shape index (κ2) is 7.85. The van der Waals surface area contributed by atoms with Crippen LogP contribution in [0.4, 0.5) is 5.69 Å². The summed E-state index contributed by atoms with van der Waals surface area (Å²) in [6, 6.07) is 7.01. The van der Waals surface area contributed by atoms with E-state index >= 15 is 0 Å². The van der Waals surface area contributed by atoms with Gasteiger partial charge in [0.1, 0.15) is 11.8 Å². The van der Waals surface area contributed by atoms with Crippen LogP contribution >= 0.6 is 12.4 Å². The van der Waals surface area contributed by atoms with Crippen molar-refractivity contribution in [3.63, 3.8) is 0 Å². The van der Waals surface area contributed by atoms with Crippen LogP contribution < -0.4 is 20.3 Å². The van der Waals surface area contributed by atoms with Crippen molar-refractivity contribution in [2.75, 3.05) is 31.6 Å². The summed E-state index contributed by atoms with van der Waals surface area (Å²) < 4.78 is 5.33. The third-order valence-electron chi connectivity index (χ3n) is 4.83. The number of benzene rings is 1. The van der Waals surface area contributed by atoms with Crippen LogP contribution in [-0.4, -0.2) is 44.6 Å². The summed E-state index contributed by atoms with van der Waals surface area (Å²) in [6.45, 7) is 4.27. The highest BCUT2D eigenvalue weighted by molar-refractivity contribution is 6.02. The Bertz CT molecular complexity index is 606. The summed E-state index contributed by atoms with van der Waals surface area (Å²) in [5.41, 5.74) is 0.757. The first kappa shape index (κ1) is 18.5. The monoisotopic (exact) mass is 353 g/mol. The van der Waals surface area contributed by atoms with Gasteiger partial charge >= 0.3 is 0 Å². The summed E-state index contributed by atoms with van der Waals surface area (Å²) in [4.78, 5) is 26.6. The maximum absolute atomic E-state index is 12.6. The fourth-order valence-electron chi connectivity index (χ4n) is 3.09. The van der Waals surface area contributed by atoms with Gasteiger partial charge in [-0.3, -0.25) is 9.59 Å². The van der Waals surface area contributed by atoms with Crippen LogP contribution in [-0.2, 0) is 9.59 Å². The van der Waals surface area contributed by atoms with Crippen LogP contribution in [0.1, 0.15) is 13.3 Å². The fourth-order valence-corrected chi connectivity index (χ4v) is 3.09. The van der Waals surface area contributed by atoms with E-state index in [-0.39, 0.29) is 30.1 Å². The Morgan fingerprint density at radius 3 is 2.71 bits per heavy atom. The summed E-state index contributed by atoms with van der Waals surface area (Å²) in [5.74, 6) is 0.876. The van der Waals surface area contributed by atoms with E-state index in [2.05, 4.69) is 10.6 Å². The molecular weight excluding hydrogens is 330 g/mol. The molecule has 2 heterocycles. The largest absolute Gasteiger partial charge is 0.495 e. The van der Waals surface area contributed by atoms with Crippen LogP contribution in [0.3, 0.4) is 0 Å². The van der Waals surface area contributed by atoms with Gasteiger partial charge in [-0.1, -0.05) is 19.1 Å². The topological polar surface area (TPSA) is 70.7 Å². The van der Waals surface area contributed by atoms with Gasteiger partial charge < -0.3 is 20.3 Å². The summed E-state index contributed by atoms with van der Waals surface area (Å²) >= 11 is 0. The molecule has 0 radical (unpaired) electrons. The van der Waals surface area contributed by atoms with Crippen molar-refractivity contribution in [2.24, 2.45) is 11.8 Å². The van der Waals surface area contributed by atoms with Crippen molar-refractivity contribution in [3.05, 3.63) is 24.3 Å². The molecule has 2 atom stereocenters. The number of nitrogens with one attached hydrogen (secondary N) is 2. The quantitative estimate of drug-likeness (QED) is 0.834. The molecule has 2 unspecified atom stereocenters. The lowest BCUT2D eigenvalue weighted by molar-refractivity contribution is -0.130. The lowest BCUT2D eigenvalue weighted by Crippen LogP contribution is -2.52. The average molecular weight is 354 g/mol. The molecule has 7 heteroatoms. The van der Waals surface area contributed by atoms with Crippen molar-refractivity contribution in [3.8, 4) is 5.75 Å². The molecule has 1 aromatic rings. The number of carbonyl (C=O) groups excluding carboxylic acids is 2. The lowest BCUT2D eigenvalue weighted by atomic mass is 9.88. The molecule has 24 heavy (non-hydrogen) atoms. The van der Waals surface area contributed by atoms with Crippen molar-refractivity contribution in [1.29, 1.82) is 0 Å². The van der Waals surface area contributed by atoms with Crippen molar-refractivity contribution >= 4 is 29.9 Å². The molecule has 2 saturated heterocycles. The van der Waals surface area contributed by atoms with Gasteiger partial charge in [-0.15, -0.1) is 12.4 Å². The van der Waals surface area contributed by atoms with Gasteiger partial charge in [0.05, 0.1) is 12.8 Å². The van der Waals surface area contributed by atoms with Crippen LogP contribution in [0.5, 0.6) is 5.75 Å². The molecule has 2 amide bonds. The number of halogens is 1. The zero-order chi connectivity index (χ0) is 16.4. The fraction of sp³-hybridized carbons (Fsp3) is 0.529. The number of nitrogens with zero attached hydrogens (tertiary/aromatic N) is 1. The minimum atomic E-state index is -0.442. The molecule has 3 rings (SSSR count). The first-order valence-corrected chi connectivity index (χ1v) is 8.07. The molecule has 0 saturated carbocycles. The van der Waals surface area contributed by atoms with Crippen molar-refractivity contribution in [2.45, 2.75) is 19.4 Å². The molecule has 2 N–H and O–H groups in total. The number of anilines is 1. The number of rotatable bonds is 5. The number of carbonyl (C=O) groups is 2. The van der Waals surface area contributed by atoms with Crippen molar-refractivity contribution in [1.82, 2.24) is 10.6 Å². The third kappa shape index (κ3) is 3.49. The SMILES string of the molecule is COc1ccccc1N1CCC(NC(=O)C(C)C2CNC2)C1=O.Cl. The highest BCUT2D eigenvalue weighted by Gasteiger charge is 2.37. The predicted octanol–water partition coefficient (Wildman–Crippen LogP) is 1.19. The summed E-state index contributed by atoms with van der Waals surface area (Å²) in [5, 5.41) is 6.09. The molecule has 0 aliphatic carbocycles. The van der Waals surface area contributed by atoms with Gasteiger partial charge in [0.25, 0.3) is 0 Å². The lowest BCUT2D eigenvalue weighted by Gasteiger charge is -2.32. The number of amides is 2. The van der Waals surface area contributed by atoms with E-state index in [1.165, 1.54) is 0 Å². The van der Waals surface area contributed by atoms with E-state index in [1.807, 2.05) is 31.2 Å². The molecule has 2 aliphatic rings. The van der Waals surface area contributed by atoms with E-state index in [0.29, 0.717) is 24.6 Å². The molecule has 0 aromatic heterocycles. The van der Waals surface area contributed by atoms with Crippen LogP contribution in [0.15, 0.2) is 24.3 Å². The number of hydrogen-bond donors (Lipinski definition) is 2. The molecule has 132 valence electrons. The molecule has 2 aliphatic heterocycles. The van der Waals surface area contributed by atoms with Gasteiger partial charge in [0.15, 0.2) is 0 Å². The Morgan fingerprint density at radius 1 is 1.38 bits per heavy atom. The maximum Gasteiger partial charge on any atom is 0.249 e. The zero-order valence-corrected chi connectivity index (χ0v) is 14.8. The first-order chi connectivity index (χ1) is 11.1.